The largest absolute Gasteiger partial charge is 0.492 e. The Bertz CT molecular complexity index is 975. The number of carbonyl (C=O) groups excluding carboxylic acids is 3. The molecule has 1 saturated heterocycles. The Labute approximate surface area is 202 Å². The summed E-state index contributed by atoms with van der Waals surface area (Å²) in [7, 11) is 0. The summed E-state index contributed by atoms with van der Waals surface area (Å²) in [6, 6.07) is 6.29. The van der Waals surface area contributed by atoms with Gasteiger partial charge in [-0.1, -0.05) is 56.4 Å². The van der Waals surface area contributed by atoms with Gasteiger partial charge in [-0.25, -0.2) is 4.79 Å². The van der Waals surface area contributed by atoms with Gasteiger partial charge in [0.1, 0.15) is 6.04 Å². The maximum atomic E-state index is 12.9. The van der Waals surface area contributed by atoms with E-state index in [1.807, 2.05) is 24.3 Å². The van der Waals surface area contributed by atoms with E-state index in [0.717, 1.165) is 48.4 Å². The van der Waals surface area contributed by atoms with Crippen molar-refractivity contribution in [2.45, 2.75) is 69.6 Å². The molecule has 2 amide bonds. The second-order valence-electron chi connectivity index (χ2n) is 9.40. The van der Waals surface area contributed by atoms with Crippen molar-refractivity contribution in [1.29, 1.82) is 0 Å². The number of alkyl halides is 3. The van der Waals surface area contributed by atoms with E-state index in [9.17, 15) is 27.6 Å². The first-order chi connectivity index (χ1) is 16.7. The van der Waals surface area contributed by atoms with Crippen molar-refractivity contribution in [2.75, 3.05) is 18.0 Å². The fourth-order valence-electron chi connectivity index (χ4n) is 5.00. The zero-order valence-electron chi connectivity index (χ0n) is 19.4. The molecule has 2 atom stereocenters. The quantitative estimate of drug-likeness (QED) is 0.587. The van der Waals surface area contributed by atoms with Gasteiger partial charge in [0.25, 0.3) is 5.91 Å². The lowest BCUT2D eigenvalue weighted by Crippen LogP contribution is -2.58. The Morgan fingerprint density at radius 1 is 1.09 bits per heavy atom. The molecule has 3 aliphatic rings. The molecule has 2 heterocycles. The Hall–Kier alpha value is -2.88. The topological polar surface area (TPSA) is 79.0 Å². The molecule has 7 nitrogen and oxygen atoms in total. The van der Waals surface area contributed by atoms with Gasteiger partial charge in [0, 0.05) is 30.9 Å². The smallest absolute Gasteiger partial charge is 0.360 e. The zero-order chi connectivity index (χ0) is 25.0. The predicted octanol–water partition coefficient (Wildman–Crippen LogP) is 3.68. The summed E-state index contributed by atoms with van der Waals surface area (Å²) in [5, 5.41) is 3.63. The Morgan fingerprint density at radius 2 is 1.83 bits per heavy atom. The fourth-order valence-corrected chi connectivity index (χ4v) is 5.00. The number of para-hydroxylation sites is 1. The minimum absolute atomic E-state index is 0.0515. The first-order valence-electron chi connectivity index (χ1n) is 12.2. The molecule has 2 fully saturated rings. The molecular weight excluding hydrogens is 463 g/mol. The summed E-state index contributed by atoms with van der Waals surface area (Å²) in [5.41, 5.74) is 1.99. The Morgan fingerprint density at radius 3 is 2.51 bits per heavy atom. The minimum atomic E-state index is -5.13. The highest BCUT2D eigenvalue weighted by Crippen LogP contribution is 2.30. The van der Waals surface area contributed by atoms with Gasteiger partial charge in [-0.3, -0.25) is 9.59 Å². The monoisotopic (exact) mass is 493 g/mol. The third-order valence-electron chi connectivity index (χ3n) is 6.97. The molecule has 1 saturated carbocycles. The molecule has 0 unspecified atom stereocenters. The fraction of sp³-hybridized carbons (Fsp3) is 0.560. The van der Waals surface area contributed by atoms with Crippen LogP contribution in [0.25, 0.3) is 0 Å². The molecule has 35 heavy (non-hydrogen) atoms. The highest BCUT2D eigenvalue weighted by Gasteiger charge is 2.46. The van der Waals surface area contributed by atoms with E-state index in [0.29, 0.717) is 18.9 Å². The lowest BCUT2D eigenvalue weighted by atomic mass is 9.84. The molecule has 2 aliphatic heterocycles. The summed E-state index contributed by atoms with van der Waals surface area (Å²) in [4.78, 5) is 42.9. The molecule has 1 aromatic carbocycles. The summed E-state index contributed by atoms with van der Waals surface area (Å²) in [6.45, 7) is 0.639. The molecular formula is C25H30F3N3O4. The normalized spacial score (nSPS) is 21.9. The number of carbonyl (C=O) groups is 3. The summed E-state index contributed by atoms with van der Waals surface area (Å²) in [5.74, 6) is -2.65. The van der Waals surface area contributed by atoms with E-state index in [2.05, 4.69) is 10.2 Å². The Balaban J connectivity index is 1.40. The molecule has 10 heteroatoms. The number of amides is 2. The van der Waals surface area contributed by atoms with E-state index >= 15 is 0 Å². The number of hydrogen-bond acceptors (Lipinski definition) is 5. The van der Waals surface area contributed by atoms with Crippen LogP contribution < -0.4 is 10.2 Å². The van der Waals surface area contributed by atoms with Crippen LogP contribution >= 0.6 is 0 Å². The van der Waals surface area contributed by atoms with E-state index in [-0.39, 0.29) is 18.9 Å². The van der Waals surface area contributed by atoms with Crippen molar-refractivity contribution in [2.24, 2.45) is 5.92 Å². The first kappa shape index (κ1) is 25.2. The number of anilines is 1. The number of halogens is 3. The van der Waals surface area contributed by atoms with Crippen LogP contribution in [-0.4, -0.2) is 54.2 Å². The van der Waals surface area contributed by atoms with Crippen LogP contribution in [0.5, 0.6) is 0 Å². The Kier molecular flexibility index (Phi) is 7.78. The van der Waals surface area contributed by atoms with Crippen LogP contribution in [0.3, 0.4) is 0 Å². The second-order valence-corrected chi connectivity index (χ2v) is 9.40. The second kappa shape index (κ2) is 10.8. The first-order valence-corrected chi connectivity index (χ1v) is 12.2. The standard InChI is InChI=1S/C25H30F3N3O4/c26-25(27,28)24(34)35-31-15-13-21(31)23(33)29-19(16-17-6-2-1-3-7-17)10-11-22(32)30-14-12-18-8-4-5-9-20(18)30/h4-5,8-11,17,19,21H,1-3,6-7,12-16H2,(H,29,33)/b11-10+/t19-,21+/m1/s1. The molecule has 1 aliphatic carbocycles. The number of nitrogens with zero attached hydrogens (tertiary/aromatic N) is 2. The summed E-state index contributed by atoms with van der Waals surface area (Å²) < 4.78 is 37.6. The maximum Gasteiger partial charge on any atom is 0.492 e. The maximum absolute atomic E-state index is 12.9. The number of hydroxylamine groups is 2. The summed E-state index contributed by atoms with van der Waals surface area (Å²) in [6.07, 6.45) is 5.20. The average Bonchev–Trinajstić information content (AvgIpc) is 3.24. The lowest BCUT2D eigenvalue weighted by molar-refractivity contribution is -0.261. The van der Waals surface area contributed by atoms with Gasteiger partial charge in [-0.05, 0) is 36.8 Å². The highest BCUT2D eigenvalue weighted by molar-refractivity contribution is 6.03. The molecule has 0 aromatic heterocycles. The molecule has 1 aromatic rings. The molecule has 1 N–H and O–H groups in total. The summed E-state index contributed by atoms with van der Waals surface area (Å²) >= 11 is 0. The number of hydrogen-bond donors (Lipinski definition) is 1. The van der Waals surface area contributed by atoms with Crippen molar-refractivity contribution in [3.63, 3.8) is 0 Å². The van der Waals surface area contributed by atoms with Crippen molar-refractivity contribution in [3.8, 4) is 0 Å². The van der Waals surface area contributed by atoms with Gasteiger partial charge in [-0.2, -0.15) is 13.2 Å². The van der Waals surface area contributed by atoms with Crippen LogP contribution in [-0.2, 0) is 25.6 Å². The number of fused-ring (bicyclic) bond motifs is 1. The van der Waals surface area contributed by atoms with Gasteiger partial charge in [0.05, 0.1) is 0 Å². The molecule has 0 bridgehead atoms. The van der Waals surface area contributed by atoms with Crippen molar-refractivity contribution in [1.82, 2.24) is 10.4 Å². The van der Waals surface area contributed by atoms with Gasteiger partial charge in [0.2, 0.25) is 5.91 Å². The number of nitrogens with one attached hydrogen (secondary N) is 1. The van der Waals surface area contributed by atoms with Crippen LogP contribution in [0, 0.1) is 5.92 Å². The highest BCUT2D eigenvalue weighted by atomic mass is 19.4. The SMILES string of the molecule is O=C(N[C@H](/C=C/C(=O)N1CCc2ccccc21)CC1CCCCC1)[C@@H]1CCN1OC(=O)C(F)(F)F. The molecule has 0 radical (unpaired) electrons. The van der Waals surface area contributed by atoms with Crippen molar-refractivity contribution in [3.05, 3.63) is 42.0 Å². The van der Waals surface area contributed by atoms with Crippen molar-refractivity contribution >= 4 is 23.5 Å². The van der Waals surface area contributed by atoms with Gasteiger partial charge >= 0.3 is 12.1 Å². The average molecular weight is 494 g/mol. The molecule has 0 spiro atoms. The third kappa shape index (κ3) is 6.22. The van der Waals surface area contributed by atoms with Gasteiger partial charge in [-0.15, -0.1) is 5.06 Å². The van der Waals surface area contributed by atoms with E-state index < -0.39 is 30.1 Å². The zero-order valence-corrected chi connectivity index (χ0v) is 19.4. The van der Waals surface area contributed by atoms with Crippen LogP contribution in [0.15, 0.2) is 36.4 Å². The molecule has 190 valence electrons. The van der Waals surface area contributed by atoms with Crippen LogP contribution in [0.1, 0.15) is 50.5 Å². The van der Waals surface area contributed by atoms with E-state index in [1.54, 1.807) is 11.0 Å². The molecule has 4 rings (SSSR count). The van der Waals surface area contributed by atoms with Gasteiger partial charge in [0.15, 0.2) is 0 Å². The van der Waals surface area contributed by atoms with E-state index in [1.165, 1.54) is 12.5 Å². The third-order valence-corrected chi connectivity index (χ3v) is 6.97. The number of rotatable bonds is 7. The van der Waals surface area contributed by atoms with E-state index in [4.69, 9.17) is 0 Å². The van der Waals surface area contributed by atoms with Crippen LogP contribution in [0.4, 0.5) is 18.9 Å². The lowest BCUT2D eigenvalue weighted by Gasteiger charge is -2.38. The predicted molar refractivity (Wildman–Crippen MR) is 122 cm³/mol. The minimum Gasteiger partial charge on any atom is -0.360 e. The van der Waals surface area contributed by atoms with Crippen molar-refractivity contribution < 1.29 is 32.4 Å². The van der Waals surface area contributed by atoms with Crippen LogP contribution in [0.2, 0.25) is 0 Å². The van der Waals surface area contributed by atoms with Gasteiger partial charge < -0.3 is 15.1 Å². The number of benzene rings is 1.